The Morgan fingerprint density at radius 1 is 1.31 bits per heavy atom. The molecule has 2 aromatic heterocycles. The lowest BCUT2D eigenvalue weighted by molar-refractivity contribution is 0.102. The fourth-order valence-corrected chi connectivity index (χ4v) is 3.94. The summed E-state index contributed by atoms with van der Waals surface area (Å²) in [6.45, 7) is 6.10. The van der Waals surface area contributed by atoms with Gasteiger partial charge in [-0.25, -0.2) is 4.68 Å². The molecule has 0 saturated heterocycles. The number of halogens is 1. The second-order valence-corrected chi connectivity index (χ2v) is 7.39. The van der Waals surface area contributed by atoms with Gasteiger partial charge < -0.3 is 0 Å². The Morgan fingerprint density at radius 3 is 2.77 bits per heavy atom. The number of aromatic nitrogens is 4. The lowest BCUT2D eigenvalue weighted by atomic mass is 10.1. The zero-order valence-electron chi connectivity index (χ0n) is 14.9. The predicted octanol–water partition coefficient (Wildman–Crippen LogP) is 4.84. The van der Waals surface area contributed by atoms with Crippen molar-refractivity contribution in [2.45, 2.75) is 39.5 Å². The van der Waals surface area contributed by atoms with E-state index in [1.807, 2.05) is 19.1 Å². The summed E-state index contributed by atoms with van der Waals surface area (Å²) in [6.07, 6.45) is 3.56. The van der Waals surface area contributed by atoms with Crippen molar-refractivity contribution in [3.63, 3.8) is 0 Å². The van der Waals surface area contributed by atoms with Crippen molar-refractivity contribution in [1.29, 1.82) is 0 Å². The van der Waals surface area contributed by atoms with Crippen LogP contribution in [-0.2, 0) is 0 Å². The molecule has 1 N–H and O–H groups in total. The Bertz CT molecular complexity index is 916. The Labute approximate surface area is 161 Å². The van der Waals surface area contributed by atoms with Gasteiger partial charge >= 0.3 is 0 Å². The monoisotopic (exact) mass is 389 g/mol. The molecule has 0 atom stereocenters. The van der Waals surface area contributed by atoms with E-state index in [4.69, 9.17) is 11.6 Å². The van der Waals surface area contributed by atoms with Gasteiger partial charge in [0, 0.05) is 10.9 Å². The van der Waals surface area contributed by atoms with E-state index in [2.05, 4.69) is 34.5 Å². The lowest BCUT2D eigenvalue weighted by Crippen LogP contribution is -2.13. The molecule has 0 aliphatic carbocycles. The van der Waals surface area contributed by atoms with Gasteiger partial charge in [0.25, 0.3) is 5.91 Å². The maximum atomic E-state index is 12.6. The average Bonchev–Trinajstić information content (AvgIpc) is 3.23. The molecular formula is C18H20ClN5OS. The van der Waals surface area contributed by atoms with Crippen molar-refractivity contribution in [1.82, 2.24) is 20.0 Å². The summed E-state index contributed by atoms with van der Waals surface area (Å²) in [5, 5.41) is 17.5. The van der Waals surface area contributed by atoms with Gasteiger partial charge in [-0.15, -0.1) is 10.2 Å². The third-order valence-corrected chi connectivity index (χ3v) is 5.54. The minimum atomic E-state index is -0.247. The minimum Gasteiger partial charge on any atom is -0.296 e. The molecule has 8 heteroatoms. The van der Waals surface area contributed by atoms with Gasteiger partial charge in [0.15, 0.2) is 0 Å². The molecule has 0 unspecified atom stereocenters. The van der Waals surface area contributed by atoms with Crippen molar-refractivity contribution in [3.05, 3.63) is 51.7 Å². The quantitative estimate of drug-likeness (QED) is 0.654. The molecule has 0 spiro atoms. The van der Waals surface area contributed by atoms with Crippen molar-refractivity contribution in [3.8, 4) is 5.69 Å². The van der Waals surface area contributed by atoms with Crippen LogP contribution in [-0.4, -0.2) is 25.9 Å². The number of benzene rings is 1. The van der Waals surface area contributed by atoms with Crippen LogP contribution in [0.5, 0.6) is 0 Å². The third-order valence-electron chi connectivity index (χ3n) is 4.30. The molecule has 1 aromatic carbocycles. The second-order valence-electron chi connectivity index (χ2n) is 5.95. The van der Waals surface area contributed by atoms with E-state index in [0.29, 0.717) is 21.6 Å². The highest BCUT2D eigenvalue weighted by atomic mass is 35.5. The van der Waals surface area contributed by atoms with Crippen molar-refractivity contribution >= 4 is 34.0 Å². The molecule has 0 aliphatic heterocycles. The molecule has 6 nitrogen and oxygen atoms in total. The molecule has 0 radical (unpaired) electrons. The van der Waals surface area contributed by atoms with E-state index in [1.54, 1.807) is 23.0 Å². The molecule has 1 amide bonds. The first-order valence-corrected chi connectivity index (χ1v) is 9.68. The number of hydrogen-bond donors (Lipinski definition) is 1. The summed E-state index contributed by atoms with van der Waals surface area (Å²) in [4.78, 5) is 12.6. The first kappa shape index (κ1) is 18.5. The highest BCUT2D eigenvalue weighted by molar-refractivity contribution is 7.15. The van der Waals surface area contributed by atoms with Crippen LogP contribution in [0.15, 0.2) is 30.5 Å². The topological polar surface area (TPSA) is 72.7 Å². The molecule has 3 aromatic rings. The summed E-state index contributed by atoms with van der Waals surface area (Å²) in [5.41, 5.74) is 2.03. The SMILES string of the molecule is CCC(CC)c1nnc(NC(=O)c2cnn(-c3cccc(Cl)c3)c2C)s1. The van der Waals surface area contributed by atoms with E-state index < -0.39 is 0 Å². The van der Waals surface area contributed by atoms with Crippen molar-refractivity contribution in [2.24, 2.45) is 0 Å². The smallest absolute Gasteiger partial charge is 0.260 e. The normalized spacial score (nSPS) is 11.1. The van der Waals surface area contributed by atoms with Crippen LogP contribution in [0.4, 0.5) is 5.13 Å². The number of amides is 1. The number of nitrogens with one attached hydrogen (secondary N) is 1. The third kappa shape index (κ3) is 3.78. The maximum Gasteiger partial charge on any atom is 0.260 e. The number of nitrogens with zero attached hydrogens (tertiary/aromatic N) is 4. The molecule has 2 heterocycles. The lowest BCUT2D eigenvalue weighted by Gasteiger charge is -2.06. The van der Waals surface area contributed by atoms with E-state index in [9.17, 15) is 4.79 Å². The van der Waals surface area contributed by atoms with Gasteiger partial charge in [-0.2, -0.15) is 5.10 Å². The highest BCUT2D eigenvalue weighted by Crippen LogP contribution is 2.28. The Morgan fingerprint density at radius 2 is 2.08 bits per heavy atom. The van der Waals surface area contributed by atoms with Crippen LogP contribution in [0.1, 0.15) is 53.7 Å². The Balaban J connectivity index is 1.79. The first-order chi connectivity index (χ1) is 12.5. The van der Waals surface area contributed by atoms with Crippen molar-refractivity contribution < 1.29 is 4.79 Å². The van der Waals surface area contributed by atoms with Gasteiger partial charge in [-0.3, -0.25) is 10.1 Å². The largest absolute Gasteiger partial charge is 0.296 e. The number of carbonyl (C=O) groups is 1. The zero-order valence-corrected chi connectivity index (χ0v) is 16.4. The van der Waals surface area contributed by atoms with Gasteiger partial charge in [0.2, 0.25) is 5.13 Å². The van der Waals surface area contributed by atoms with Crippen LogP contribution < -0.4 is 5.32 Å². The minimum absolute atomic E-state index is 0.247. The average molecular weight is 390 g/mol. The first-order valence-electron chi connectivity index (χ1n) is 8.48. The van der Waals surface area contributed by atoms with E-state index >= 15 is 0 Å². The van der Waals surface area contributed by atoms with Crippen molar-refractivity contribution in [2.75, 3.05) is 5.32 Å². The van der Waals surface area contributed by atoms with E-state index in [1.165, 1.54) is 11.3 Å². The van der Waals surface area contributed by atoms with Crippen LogP contribution in [0.2, 0.25) is 5.02 Å². The molecule has 26 heavy (non-hydrogen) atoms. The standard InChI is InChI=1S/C18H20ClN5OS/c1-4-12(5-2)17-22-23-18(26-17)21-16(25)15-10-20-24(11(15)3)14-8-6-7-13(19)9-14/h6-10,12H,4-5H2,1-3H3,(H,21,23,25). The molecule has 0 saturated carbocycles. The molecule has 0 fully saturated rings. The summed E-state index contributed by atoms with van der Waals surface area (Å²) >= 11 is 7.47. The highest BCUT2D eigenvalue weighted by Gasteiger charge is 2.18. The number of hydrogen-bond acceptors (Lipinski definition) is 5. The fourth-order valence-electron chi connectivity index (χ4n) is 2.75. The maximum absolute atomic E-state index is 12.6. The summed E-state index contributed by atoms with van der Waals surface area (Å²) < 4.78 is 1.69. The molecule has 136 valence electrons. The Hall–Kier alpha value is -2.25. The number of carbonyl (C=O) groups excluding carboxylic acids is 1. The van der Waals surface area contributed by atoms with Crippen LogP contribution in [0, 0.1) is 6.92 Å². The summed E-state index contributed by atoms with van der Waals surface area (Å²) in [5.74, 6) is 0.133. The summed E-state index contributed by atoms with van der Waals surface area (Å²) in [7, 11) is 0. The summed E-state index contributed by atoms with van der Waals surface area (Å²) in [6, 6.07) is 7.33. The molecule has 0 bridgehead atoms. The van der Waals surface area contributed by atoms with Gasteiger partial charge in [-0.05, 0) is 38.0 Å². The van der Waals surface area contributed by atoms with Gasteiger partial charge in [0.05, 0.1) is 23.1 Å². The van der Waals surface area contributed by atoms with Crippen LogP contribution >= 0.6 is 22.9 Å². The van der Waals surface area contributed by atoms with Gasteiger partial charge in [0.1, 0.15) is 5.01 Å². The molecular weight excluding hydrogens is 370 g/mol. The second kappa shape index (κ2) is 7.97. The van der Waals surface area contributed by atoms with Crippen LogP contribution in [0.3, 0.4) is 0 Å². The van der Waals surface area contributed by atoms with Crippen LogP contribution in [0.25, 0.3) is 5.69 Å². The number of anilines is 1. The molecule has 0 aliphatic rings. The van der Waals surface area contributed by atoms with E-state index in [0.717, 1.165) is 29.2 Å². The van der Waals surface area contributed by atoms with E-state index in [-0.39, 0.29) is 5.91 Å². The molecule has 3 rings (SSSR count). The fraction of sp³-hybridized carbons (Fsp3) is 0.333. The zero-order chi connectivity index (χ0) is 18.7. The Kier molecular flexibility index (Phi) is 5.68. The predicted molar refractivity (Wildman–Crippen MR) is 104 cm³/mol. The number of rotatable bonds is 6. The van der Waals surface area contributed by atoms with Gasteiger partial charge in [-0.1, -0.05) is 42.9 Å².